The van der Waals surface area contributed by atoms with Crippen LogP contribution in [0.4, 0.5) is 0 Å². The second kappa shape index (κ2) is 6.91. The highest BCUT2D eigenvalue weighted by Crippen LogP contribution is 2.29. The number of hydrogen-bond acceptors (Lipinski definition) is 2. The molecule has 0 atom stereocenters. The van der Waals surface area contributed by atoms with Crippen molar-refractivity contribution in [2.45, 2.75) is 0 Å². The van der Waals surface area contributed by atoms with Crippen LogP contribution >= 0.6 is 61.1 Å². The quantitative estimate of drug-likeness (QED) is 0.307. The molecule has 0 fully saturated rings. The first-order chi connectivity index (χ1) is 9.51. The van der Waals surface area contributed by atoms with Crippen LogP contribution in [0.15, 0.2) is 40.9 Å². The van der Waals surface area contributed by atoms with Crippen LogP contribution in [0.5, 0.6) is 5.75 Å². The summed E-state index contributed by atoms with van der Waals surface area (Å²) in [4.78, 5) is 0. The number of allylic oxidation sites excluding steroid dienone is 1. The summed E-state index contributed by atoms with van der Waals surface area (Å²) in [6.07, 6.45) is 1.83. The Morgan fingerprint density at radius 1 is 1.15 bits per heavy atom. The molecule has 5 heteroatoms. The average molecular weight is 552 g/mol. The molecular weight excluding hydrogens is 544 g/mol. The molecule has 0 saturated heterocycles. The smallest absolute Gasteiger partial charge is 0.142 e. The summed E-state index contributed by atoms with van der Waals surface area (Å²) in [6.45, 7) is 0. The summed E-state index contributed by atoms with van der Waals surface area (Å²) in [5, 5.41) is 19.1. The van der Waals surface area contributed by atoms with Crippen LogP contribution in [0.25, 0.3) is 11.6 Å². The Morgan fingerprint density at radius 2 is 1.70 bits per heavy atom. The maximum absolute atomic E-state index is 9.76. The molecule has 2 rings (SSSR count). The van der Waals surface area contributed by atoms with Gasteiger partial charge in [0.25, 0.3) is 0 Å². The van der Waals surface area contributed by atoms with E-state index in [-0.39, 0.29) is 5.75 Å². The van der Waals surface area contributed by atoms with Gasteiger partial charge in [0.2, 0.25) is 0 Å². The molecule has 0 heterocycles. The van der Waals surface area contributed by atoms with Crippen LogP contribution in [0.3, 0.4) is 0 Å². The van der Waals surface area contributed by atoms with Gasteiger partial charge in [-0.25, -0.2) is 0 Å². The zero-order valence-corrected chi connectivity index (χ0v) is 16.0. The van der Waals surface area contributed by atoms with E-state index in [4.69, 9.17) is 0 Å². The molecule has 0 amide bonds. The van der Waals surface area contributed by atoms with Crippen LogP contribution in [-0.2, 0) is 0 Å². The highest BCUT2D eigenvalue weighted by molar-refractivity contribution is 14.1. The highest BCUT2D eigenvalue weighted by Gasteiger charge is 2.06. The zero-order valence-electron chi connectivity index (χ0n) is 10.1. The first-order valence-electron chi connectivity index (χ1n) is 5.57. The van der Waals surface area contributed by atoms with Crippen molar-refractivity contribution in [3.05, 3.63) is 59.1 Å². The third kappa shape index (κ3) is 3.74. The van der Waals surface area contributed by atoms with Crippen molar-refractivity contribution in [2.24, 2.45) is 0 Å². The third-order valence-corrected chi connectivity index (χ3v) is 4.80. The normalized spacial score (nSPS) is 11.2. The second-order valence-corrected chi connectivity index (χ2v) is 7.25. The lowest BCUT2D eigenvalue weighted by atomic mass is 10.0. The van der Waals surface area contributed by atoms with Gasteiger partial charge in [-0.2, -0.15) is 5.26 Å². The van der Waals surface area contributed by atoms with Gasteiger partial charge in [0.15, 0.2) is 0 Å². The monoisotopic (exact) mass is 551 g/mol. The summed E-state index contributed by atoms with van der Waals surface area (Å²) in [7, 11) is 0. The Bertz CT molecular complexity index is 695. The minimum atomic E-state index is 0.283. The van der Waals surface area contributed by atoms with Gasteiger partial charge in [-0.15, -0.1) is 0 Å². The molecule has 20 heavy (non-hydrogen) atoms. The molecule has 2 aromatic rings. The van der Waals surface area contributed by atoms with Crippen molar-refractivity contribution in [3.63, 3.8) is 0 Å². The first kappa shape index (κ1) is 15.8. The summed E-state index contributed by atoms with van der Waals surface area (Å²) < 4.78 is 2.52. The summed E-state index contributed by atoms with van der Waals surface area (Å²) >= 11 is 7.54. The molecule has 0 aliphatic rings. The van der Waals surface area contributed by atoms with E-state index in [1.54, 1.807) is 0 Å². The fourth-order valence-corrected chi connectivity index (χ4v) is 3.73. The largest absolute Gasteiger partial charge is 0.506 e. The molecule has 2 nitrogen and oxygen atoms in total. The van der Waals surface area contributed by atoms with Crippen molar-refractivity contribution in [3.8, 4) is 11.8 Å². The average Bonchev–Trinajstić information content (AvgIpc) is 2.43. The SMILES string of the molecule is N#C/C(=C/c1cc(I)c(O)c(I)c1)c1ccc(Br)cc1. The van der Waals surface area contributed by atoms with E-state index in [0.717, 1.165) is 22.7 Å². The van der Waals surface area contributed by atoms with E-state index in [1.165, 1.54) is 0 Å². The Kier molecular flexibility index (Phi) is 5.46. The predicted molar refractivity (Wildman–Crippen MR) is 101 cm³/mol. The molecule has 1 N–H and O–H groups in total. The number of benzene rings is 2. The van der Waals surface area contributed by atoms with Gasteiger partial charge in [-0.05, 0) is 86.7 Å². The van der Waals surface area contributed by atoms with Gasteiger partial charge in [0.05, 0.1) is 18.8 Å². The number of phenols is 1. The van der Waals surface area contributed by atoms with Crippen molar-refractivity contribution in [2.75, 3.05) is 0 Å². The predicted octanol–water partition coefficient (Wildman–Crippen LogP) is 5.43. The number of rotatable bonds is 2. The van der Waals surface area contributed by atoms with Gasteiger partial charge in [-0.3, -0.25) is 0 Å². The minimum absolute atomic E-state index is 0.283. The van der Waals surface area contributed by atoms with E-state index >= 15 is 0 Å². The number of nitrogens with zero attached hydrogens (tertiary/aromatic N) is 1. The van der Waals surface area contributed by atoms with Gasteiger partial charge < -0.3 is 5.11 Å². The Morgan fingerprint density at radius 3 is 2.20 bits per heavy atom. The van der Waals surface area contributed by atoms with Crippen molar-refractivity contribution < 1.29 is 5.11 Å². The number of hydrogen-bond donors (Lipinski definition) is 1. The number of aromatic hydroxyl groups is 1. The maximum atomic E-state index is 9.76. The fraction of sp³-hybridized carbons (Fsp3) is 0. The fourth-order valence-electron chi connectivity index (χ4n) is 1.64. The van der Waals surface area contributed by atoms with Gasteiger partial charge in [-0.1, -0.05) is 28.1 Å². The minimum Gasteiger partial charge on any atom is -0.506 e. The Balaban J connectivity index is 2.47. The molecule has 0 bridgehead atoms. The van der Waals surface area contributed by atoms with Crippen molar-refractivity contribution in [1.29, 1.82) is 5.26 Å². The van der Waals surface area contributed by atoms with Crippen LogP contribution in [0, 0.1) is 18.5 Å². The van der Waals surface area contributed by atoms with Crippen LogP contribution in [0.2, 0.25) is 0 Å². The zero-order chi connectivity index (χ0) is 14.7. The van der Waals surface area contributed by atoms with Gasteiger partial charge in [0, 0.05) is 4.47 Å². The molecule has 2 aromatic carbocycles. The summed E-state index contributed by atoms with van der Waals surface area (Å²) in [5.41, 5.74) is 2.36. The second-order valence-electron chi connectivity index (χ2n) is 4.01. The van der Waals surface area contributed by atoms with E-state index in [0.29, 0.717) is 5.57 Å². The van der Waals surface area contributed by atoms with Crippen molar-refractivity contribution in [1.82, 2.24) is 0 Å². The topological polar surface area (TPSA) is 44.0 Å². The maximum Gasteiger partial charge on any atom is 0.142 e. The molecule has 0 saturated carbocycles. The van der Waals surface area contributed by atoms with Gasteiger partial charge in [0.1, 0.15) is 5.75 Å². The lowest BCUT2D eigenvalue weighted by molar-refractivity contribution is 0.467. The Hall–Kier alpha value is -0.590. The van der Waals surface area contributed by atoms with Crippen LogP contribution in [-0.4, -0.2) is 5.11 Å². The van der Waals surface area contributed by atoms with E-state index in [1.807, 2.05) is 42.5 Å². The van der Waals surface area contributed by atoms with E-state index < -0.39 is 0 Å². The molecule has 0 aliphatic heterocycles. The lowest BCUT2D eigenvalue weighted by Crippen LogP contribution is -1.85. The molecule has 0 spiro atoms. The molecule has 0 radical (unpaired) electrons. The Labute approximate surface area is 152 Å². The number of phenolic OH excluding ortho intramolecular Hbond substituents is 1. The van der Waals surface area contributed by atoms with E-state index in [2.05, 4.69) is 67.2 Å². The number of halogens is 3. The summed E-state index contributed by atoms with van der Waals surface area (Å²) in [5.74, 6) is 0.283. The molecule has 100 valence electrons. The third-order valence-electron chi connectivity index (χ3n) is 2.63. The van der Waals surface area contributed by atoms with Crippen LogP contribution in [0.1, 0.15) is 11.1 Å². The summed E-state index contributed by atoms with van der Waals surface area (Å²) in [6, 6.07) is 13.5. The lowest BCUT2D eigenvalue weighted by Gasteiger charge is -2.04. The van der Waals surface area contributed by atoms with Crippen LogP contribution < -0.4 is 0 Å². The molecular formula is C15H8BrI2NO. The number of nitriles is 1. The molecule has 0 unspecified atom stereocenters. The van der Waals surface area contributed by atoms with Gasteiger partial charge >= 0.3 is 0 Å². The molecule has 0 aliphatic carbocycles. The first-order valence-corrected chi connectivity index (χ1v) is 8.52. The standard InChI is InChI=1S/C15H8BrI2NO/c16-12-3-1-10(2-4-12)11(8-19)5-9-6-13(17)15(20)14(18)7-9/h1-7,20H/b11-5-. The molecule has 0 aromatic heterocycles. The van der Waals surface area contributed by atoms with E-state index in [9.17, 15) is 10.4 Å². The highest BCUT2D eigenvalue weighted by atomic mass is 127. The van der Waals surface area contributed by atoms with Crippen molar-refractivity contribution >= 4 is 72.8 Å².